The Bertz CT molecular complexity index is 504. The normalized spacial score (nSPS) is 23.6. The fraction of sp³-hybridized carbons (Fsp3) is 0.455. The molecule has 0 saturated carbocycles. The van der Waals surface area contributed by atoms with E-state index in [1.165, 1.54) is 6.07 Å². The van der Waals surface area contributed by atoms with Gasteiger partial charge in [0.15, 0.2) is 9.84 Å². The van der Waals surface area contributed by atoms with Crippen LogP contribution < -0.4 is 10.6 Å². The van der Waals surface area contributed by atoms with E-state index in [0.717, 1.165) is 0 Å². The van der Waals surface area contributed by atoms with Crippen molar-refractivity contribution in [3.63, 3.8) is 0 Å². The zero-order valence-electron chi connectivity index (χ0n) is 9.34. The van der Waals surface area contributed by atoms with Crippen molar-refractivity contribution in [2.45, 2.75) is 6.04 Å². The smallest absolute Gasteiger partial charge is 0.154 e. The van der Waals surface area contributed by atoms with Gasteiger partial charge in [-0.2, -0.15) is 0 Å². The lowest BCUT2D eigenvalue weighted by atomic mass is 10.2. The van der Waals surface area contributed by atoms with Gasteiger partial charge in [-0.3, -0.25) is 0 Å². The first-order valence-electron chi connectivity index (χ1n) is 5.45. The third kappa shape index (κ3) is 2.58. The van der Waals surface area contributed by atoms with Crippen molar-refractivity contribution in [3.8, 4) is 0 Å². The molecule has 1 aliphatic heterocycles. The third-order valence-corrected chi connectivity index (χ3v) is 4.66. The van der Waals surface area contributed by atoms with E-state index in [2.05, 4.69) is 0 Å². The van der Waals surface area contributed by atoms with Gasteiger partial charge in [0.2, 0.25) is 0 Å². The lowest BCUT2D eigenvalue weighted by Gasteiger charge is -2.36. The number of benzene rings is 1. The summed E-state index contributed by atoms with van der Waals surface area (Å²) in [4.78, 5) is 1.75. The molecule has 17 heavy (non-hydrogen) atoms. The Balaban J connectivity index is 2.30. The second-order valence-corrected chi connectivity index (χ2v) is 6.38. The first-order chi connectivity index (χ1) is 8.03. The number of hydrogen-bond donors (Lipinski definition) is 1. The van der Waals surface area contributed by atoms with Crippen LogP contribution >= 0.6 is 0 Å². The fourth-order valence-electron chi connectivity index (χ4n) is 2.08. The van der Waals surface area contributed by atoms with E-state index < -0.39 is 9.84 Å². The molecular formula is C11H15FN2O2S. The zero-order chi connectivity index (χ0) is 12.5. The molecule has 6 heteroatoms. The van der Waals surface area contributed by atoms with Crippen molar-refractivity contribution < 1.29 is 12.8 Å². The maximum absolute atomic E-state index is 13.6. The molecule has 0 spiro atoms. The highest BCUT2D eigenvalue weighted by molar-refractivity contribution is 7.91. The molecule has 1 fully saturated rings. The number of nitrogens with zero attached hydrogens (tertiary/aromatic N) is 1. The molecule has 1 heterocycles. The minimum Gasteiger partial charge on any atom is -0.363 e. The van der Waals surface area contributed by atoms with Crippen molar-refractivity contribution in [1.29, 1.82) is 0 Å². The number of rotatable bonds is 2. The molecule has 1 unspecified atom stereocenters. The van der Waals surface area contributed by atoms with Crippen LogP contribution in [0, 0.1) is 5.82 Å². The van der Waals surface area contributed by atoms with E-state index in [4.69, 9.17) is 5.73 Å². The Hall–Kier alpha value is -1.14. The molecule has 2 N–H and O–H groups in total. The summed E-state index contributed by atoms with van der Waals surface area (Å²) in [5, 5.41) is 0. The molecule has 2 rings (SSSR count). The Kier molecular flexibility index (Phi) is 3.35. The van der Waals surface area contributed by atoms with Crippen LogP contribution in [-0.2, 0) is 9.84 Å². The third-order valence-electron chi connectivity index (χ3n) is 2.96. The van der Waals surface area contributed by atoms with Gasteiger partial charge in [0.1, 0.15) is 5.82 Å². The molecule has 1 atom stereocenters. The highest BCUT2D eigenvalue weighted by atomic mass is 32.2. The lowest BCUT2D eigenvalue weighted by molar-refractivity contribution is 0.549. The zero-order valence-corrected chi connectivity index (χ0v) is 10.2. The van der Waals surface area contributed by atoms with Gasteiger partial charge in [0, 0.05) is 13.1 Å². The van der Waals surface area contributed by atoms with E-state index in [1.807, 2.05) is 0 Å². The molecule has 94 valence electrons. The predicted molar refractivity (Wildman–Crippen MR) is 65.2 cm³/mol. The number of para-hydroxylation sites is 1. The molecule has 0 bridgehead atoms. The maximum atomic E-state index is 13.6. The van der Waals surface area contributed by atoms with Crippen LogP contribution in [0.25, 0.3) is 0 Å². The number of halogens is 1. The van der Waals surface area contributed by atoms with Gasteiger partial charge in [-0.15, -0.1) is 0 Å². The Morgan fingerprint density at radius 1 is 1.41 bits per heavy atom. The summed E-state index contributed by atoms with van der Waals surface area (Å²) >= 11 is 0. The molecule has 1 aromatic rings. The van der Waals surface area contributed by atoms with E-state index in [-0.39, 0.29) is 29.9 Å². The first-order valence-corrected chi connectivity index (χ1v) is 7.27. The van der Waals surface area contributed by atoms with E-state index >= 15 is 0 Å². The second kappa shape index (κ2) is 4.62. The van der Waals surface area contributed by atoms with Crippen LogP contribution in [-0.4, -0.2) is 39.1 Å². The average molecular weight is 258 g/mol. The van der Waals surface area contributed by atoms with Crippen molar-refractivity contribution in [2.75, 3.05) is 29.5 Å². The number of anilines is 1. The minimum atomic E-state index is -3.04. The lowest BCUT2D eigenvalue weighted by Crippen LogP contribution is -2.52. The largest absolute Gasteiger partial charge is 0.363 e. The topological polar surface area (TPSA) is 63.4 Å². The van der Waals surface area contributed by atoms with Crippen molar-refractivity contribution in [2.24, 2.45) is 5.73 Å². The second-order valence-electron chi connectivity index (χ2n) is 4.15. The van der Waals surface area contributed by atoms with Crippen LogP contribution in [0.4, 0.5) is 10.1 Å². The number of hydrogen-bond acceptors (Lipinski definition) is 4. The first kappa shape index (κ1) is 12.3. The molecule has 1 aliphatic rings. The molecule has 4 nitrogen and oxygen atoms in total. The maximum Gasteiger partial charge on any atom is 0.154 e. The number of nitrogens with two attached hydrogens (primary N) is 1. The van der Waals surface area contributed by atoms with Crippen molar-refractivity contribution in [3.05, 3.63) is 30.1 Å². The summed E-state index contributed by atoms with van der Waals surface area (Å²) in [6, 6.07) is 6.01. The highest BCUT2D eigenvalue weighted by Gasteiger charge is 2.31. The van der Waals surface area contributed by atoms with E-state index in [0.29, 0.717) is 12.2 Å². The summed E-state index contributed by atoms with van der Waals surface area (Å²) in [6.45, 7) is 0.499. The molecule has 1 saturated heterocycles. The summed E-state index contributed by atoms with van der Waals surface area (Å²) in [5.41, 5.74) is 6.00. The Morgan fingerprint density at radius 2 is 2.12 bits per heavy atom. The number of sulfone groups is 1. The van der Waals surface area contributed by atoms with E-state index in [1.54, 1.807) is 23.1 Å². The molecule has 0 aliphatic carbocycles. The summed E-state index contributed by atoms with van der Waals surface area (Å²) < 4.78 is 36.7. The highest BCUT2D eigenvalue weighted by Crippen LogP contribution is 2.24. The van der Waals surface area contributed by atoms with Crippen LogP contribution in [0.5, 0.6) is 0 Å². The Labute approximate surface area is 100 Å². The summed E-state index contributed by atoms with van der Waals surface area (Å²) in [6.07, 6.45) is 0. The van der Waals surface area contributed by atoms with Gasteiger partial charge >= 0.3 is 0 Å². The van der Waals surface area contributed by atoms with Gasteiger partial charge in [-0.1, -0.05) is 12.1 Å². The van der Waals surface area contributed by atoms with Crippen LogP contribution in [0.15, 0.2) is 24.3 Å². The van der Waals surface area contributed by atoms with Gasteiger partial charge in [0.25, 0.3) is 0 Å². The van der Waals surface area contributed by atoms with Crippen LogP contribution in [0.1, 0.15) is 0 Å². The van der Waals surface area contributed by atoms with Gasteiger partial charge in [-0.25, -0.2) is 12.8 Å². The molecule has 0 aromatic heterocycles. The monoisotopic (exact) mass is 258 g/mol. The average Bonchev–Trinajstić information content (AvgIpc) is 2.29. The standard InChI is InChI=1S/C11H15FN2O2S/c12-10-3-1-2-4-11(10)14-5-6-17(15,16)8-9(14)7-13/h1-4,9H,5-8,13H2. The molecule has 0 radical (unpaired) electrons. The molecule has 1 aromatic carbocycles. The SMILES string of the molecule is NCC1CS(=O)(=O)CCN1c1ccccc1F. The van der Waals surface area contributed by atoms with Crippen LogP contribution in [0.3, 0.4) is 0 Å². The molecular weight excluding hydrogens is 243 g/mol. The quantitative estimate of drug-likeness (QED) is 0.833. The summed E-state index contributed by atoms with van der Waals surface area (Å²) in [7, 11) is -3.04. The van der Waals surface area contributed by atoms with E-state index in [9.17, 15) is 12.8 Å². The van der Waals surface area contributed by atoms with Crippen molar-refractivity contribution >= 4 is 15.5 Å². The van der Waals surface area contributed by atoms with Crippen molar-refractivity contribution in [1.82, 2.24) is 0 Å². The van der Waals surface area contributed by atoms with Crippen LogP contribution in [0.2, 0.25) is 0 Å². The van der Waals surface area contributed by atoms with Gasteiger partial charge in [0.05, 0.1) is 23.2 Å². The Morgan fingerprint density at radius 3 is 2.76 bits per heavy atom. The predicted octanol–water partition coefficient (Wildman–Crippen LogP) is 0.388. The van der Waals surface area contributed by atoms with Gasteiger partial charge < -0.3 is 10.6 Å². The van der Waals surface area contributed by atoms with Gasteiger partial charge in [-0.05, 0) is 12.1 Å². The minimum absolute atomic E-state index is 0.00215. The fourth-order valence-corrected chi connectivity index (χ4v) is 3.63. The summed E-state index contributed by atoms with van der Waals surface area (Å²) in [5.74, 6) is -0.291. The molecule has 0 amide bonds.